The minimum Gasteiger partial charge on any atom is -0.496 e. The molecule has 8 heteroatoms. The van der Waals surface area contributed by atoms with Crippen LogP contribution in [0.4, 0.5) is 5.69 Å². The lowest BCUT2D eigenvalue weighted by molar-refractivity contribution is -0.385. The molecule has 0 fully saturated rings. The molecule has 112 valence electrons. The molecule has 0 bridgehead atoms. The van der Waals surface area contributed by atoms with Gasteiger partial charge in [-0.05, 0) is 25.5 Å². The summed E-state index contributed by atoms with van der Waals surface area (Å²) >= 11 is 0. The number of hydrogen-bond acceptors (Lipinski definition) is 6. The first-order valence-electron chi connectivity index (χ1n) is 5.84. The maximum atomic E-state index is 12.0. The van der Waals surface area contributed by atoms with E-state index < -0.39 is 20.3 Å². The van der Waals surface area contributed by atoms with Crippen LogP contribution < -0.4 is 10.5 Å². The van der Waals surface area contributed by atoms with Crippen molar-refractivity contribution in [3.63, 3.8) is 0 Å². The zero-order valence-electron chi connectivity index (χ0n) is 11.6. The Bertz CT molecular complexity index is 605. The number of benzene rings is 1. The number of methoxy groups -OCH3 is 1. The van der Waals surface area contributed by atoms with Crippen LogP contribution in [0.1, 0.15) is 19.4 Å². The summed E-state index contributed by atoms with van der Waals surface area (Å²) in [5.41, 5.74) is 4.94. The van der Waals surface area contributed by atoms with E-state index in [0.717, 1.165) is 0 Å². The van der Waals surface area contributed by atoms with E-state index in [9.17, 15) is 18.5 Å². The summed E-state index contributed by atoms with van der Waals surface area (Å²) in [6.07, 6.45) is 0. The fourth-order valence-corrected chi connectivity index (χ4v) is 3.73. The van der Waals surface area contributed by atoms with Crippen molar-refractivity contribution in [2.45, 2.75) is 25.1 Å². The van der Waals surface area contributed by atoms with Gasteiger partial charge in [0.25, 0.3) is 5.69 Å². The van der Waals surface area contributed by atoms with Crippen LogP contribution >= 0.6 is 0 Å². The Labute approximate surface area is 117 Å². The van der Waals surface area contributed by atoms with Gasteiger partial charge in [0.15, 0.2) is 9.84 Å². The third kappa shape index (κ3) is 5.14. The lowest BCUT2D eigenvalue weighted by atomic mass is 10.1. The van der Waals surface area contributed by atoms with Gasteiger partial charge in [-0.2, -0.15) is 0 Å². The van der Waals surface area contributed by atoms with Crippen LogP contribution in [-0.4, -0.2) is 31.7 Å². The Kier molecular flexibility index (Phi) is 4.72. The van der Waals surface area contributed by atoms with Crippen molar-refractivity contribution < 1.29 is 18.1 Å². The SMILES string of the molecule is COc1cc(CS(=O)(=O)CC(C)(C)N)cc([N+](=O)[O-])c1. The molecule has 1 rings (SSSR count). The summed E-state index contributed by atoms with van der Waals surface area (Å²) < 4.78 is 28.9. The number of nitrogens with two attached hydrogens (primary N) is 1. The third-order valence-electron chi connectivity index (χ3n) is 2.38. The summed E-state index contributed by atoms with van der Waals surface area (Å²) in [6, 6.07) is 3.93. The van der Waals surface area contributed by atoms with Gasteiger partial charge in [0.2, 0.25) is 0 Å². The van der Waals surface area contributed by atoms with Crippen molar-refractivity contribution in [3.8, 4) is 5.75 Å². The van der Waals surface area contributed by atoms with Crippen LogP contribution in [0.3, 0.4) is 0 Å². The lowest BCUT2D eigenvalue weighted by Crippen LogP contribution is -2.40. The Morgan fingerprint density at radius 2 is 1.95 bits per heavy atom. The monoisotopic (exact) mass is 302 g/mol. The molecule has 0 aliphatic rings. The molecule has 0 unspecified atom stereocenters. The third-order valence-corrected chi connectivity index (χ3v) is 4.33. The molecule has 0 aliphatic heterocycles. The van der Waals surface area contributed by atoms with E-state index in [4.69, 9.17) is 10.5 Å². The van der Waals surface area contributed by atoms with Crippen molar-refractivity contribution in [1.82, 2.24) is 0 Å². The van der Waals surface area contributed by atoms with Crippen molar-refractivity contribution in [2.24, 2.45) is 5.73 Å². The highest BCUT2D eigenvalue weighted by molar-refractivity contribution is 7.90. The van der Waals surface area contributed by atoms with Crippen LogP contribution in [0.15, 0.2) is 18.2 Å². The van der Waals surface area contributed by atoms with E-state index in [-0.39, 0.29) is 22.9 Å². The molecule has 0 radical (unpaired) electrons. The molecule has 0 atom stereocenters. The molecule has 0 aromatic heterocycles. The number of rotatable bonds is 6. The summed E-state index contributed by atoms with van der Waals surface area (Å²) in [7, 11) is -2.10. The summed E-state index contributed by atoms with van der Waals surface area (Å²) in [6.45, 7) is 3.22. The van der Waals surface area contributed by atoms with Crippen molar-refractivity contribution in [1.29, 1.82) is 0 Å². The van der Waals surface area contributed by atoms with Gasteiger partial charge < -0.3 is 10.5 Å². The van der Waals surface area contributed by atoms with Crippen LogP contribution in [0.2, 0.25) is 0 Å². The largest absolute Gasteiger partial charge is 0.496 e. The molecule has 0 amide bonds. The first-order chi connectivity index (χ1) is 9.02. The second-order valence-corrected chi connectivity index (χ2v) is 7.38. The Balaban J connectivity index is 3.09. The zero-order chi connectivity index (χ0) is 15.6. The van der Waals surface area contributed by atoms with Crippen molar-refractivity contribution >= 4 is 15.5 Å². The van der Waals surface area contributed by atoms with Crippen LogP contribution in [0.5, 0.6) is 5.75 Å². The lowest BCUT2D eigenvalue weighted by Gasteiger charge is -2.18. The number of nitro benzene ring substituents is 1. The highest BCUT2D eigenvalue weighted by Gasteiger charge is 2.23. The number of nitrogens with zero attached hydrogens (tertiary/aromatic N) is 1. The molecule has 0 saturated carbocycles. The first kappa shape index (κ1) is 16.4. The molecule has 0 heterocycles. The molecule has 0 aliphatic carbocycles. The molecule has 7 nitrogen and oxygen atoms in total. The van der Waals surface area contributed by atoms with E-state index in [1.807, 2.05) is 0 Å². The average molecular weight is 302 g/mol. The predicted molar refractivity (Wildman–Crippen MR) is 75.4 cm³/mol. The predicted octanol–water partition coefficient (Wildman–Crippen LogP) is 1.26. The molecule has 2 N–H and O–H groups in total. The summed E-state index contributed by atoms with van der Waals surface area (Å²) in [5.74, 6) is -0.271. The fraction of sp³-hybridized carbons (Fsp3) is 0.500. The summed E-state index contributed by atoms with van der Waals surface area (Å²) in [4.78, 5) is 10.2. The van der Waals surface area contributed by atoms with Gasteiger partial charge >= 0.3 is 0 Å². The van der Waals surface area contributed by atoms with Gasteiger partial charge in [0.05, 0.1) is 29.6 Å². The average Bonchev–Trinajstić information content (AvgIpc) is 2.24. The number of nitro groups is 1. The van der Waals surface area contributed by atoms with E-state index in [1.165, 1.54) is 25.3 Å². The maximum absolute atomic E-state index is 12.0. The van der Waals surface area contributed by atoms with Gasteiger partial charge in [-0.15, -0.1) is 0 Å². The standard InChI is InChI=1S/C12H18N2O5S/c1-12(2,13)8-20(17,18)7-9-4-10(14(15)16)6-11(5-9)19-3/h4-6H,7-8,13H2,1-3H3. The van der Waals surface area contributed by atoms with E-state index >= 15 is 0 Å². The van der Waals surface area contributed by atoms with Gasteiger partial charge in [0, 0.05) is 11.6 Å². The summed E-state index contributed by atoms with van der Waals surface area (Å²) in [5, 5.41) is 10.8. The van der Waals surface area contributed by atoms with Crippen LogP contribution in [0.25, 0.3) is 0 Å². The second kappa shape index (κ2) is 5.76. The van der Waals surface area contributed by atoms with Gasteiger partial charge in [-0.1, -0.05) is 0 Å². The molecule has 0 spiro atoms. The minimum absolute atomic E-state index is 0.203. The normalized spacial score (nSPS) is 12.2. The first-order valence-corrected chi connectivity index (χ1v) is 7.66. The molecule has 1 aromatic rings. The van der Waals surface area contributed by atoms with E-state index in [2.05, 4.69) is 0 Å². The number of ether oxygens (including phenoxy) is 1. The maximum Gasteiger partial charge on any atom is 0.273 e. The van der Waals surface area contributed by atoms with Crippen LogP contribution in [0, 0.1) is 10.1 Å². The molecule has 0 saturated heterocycles. The van der Waals surface area contributed by atoms with E-state index in [0.29, 0.717) is 5.56 Å². The molecule has 20 heavy (non-hydrogen) atoms. The van der Waals surface area contributed by atoms with Gasteiger partial charge in [-0.25, -0.2) is 8.42 Å². The van der Waals surface area contributed by atoms with E-state index in [1.54, 1.807) is 13.8 Å². The molecule has 1 aromatic carbocycles. The fourth-order valence-electron chi connectivity index (χ4n) is 1.82. The highest BCUT2D eigenvalue weighted by atomic mass is 32.2. The Hall–Kier alpha value is -1.67. The zero-order valence-corrected chi connectivity index (χ0v) is 12.4. The smallest absolute Gasteiger partial charge is 0.273 e. The Morgan fingerprint density at radius 1 is 1.35 bits per heavy atom. The highest BCUT2D eigenvalue weighted by Crippen LogP contribution is 2.24. The number of non-ortho nitro benzene ring substituents is 1. The van der Waals surface area contributed by atoms with Gasteiger partial charge in [-0.3, -0.25) is 10.1 Å². The molecular formula is C12H18N2O5S. The Morgan fingerprint density at radius 3 is 2.40 bits per heavy atom. The quantitative estimate of drug-likeness (QED) is 0.625. The number of hydrogen-bond donors (Lipinski definition) is 1. The van der Waals surface area contributed by atoms with Crippen molar-refractivity contribution in [3.05, 3.63) is 33.9 Å². The number of sulfone groups is 1. The topological polar surface area (TPSA) is 113 Å². The van der Waals surface area contributed by atoms with Gasteiger partial charge in [0.1, 0.15) is 5.75 Å². The molecular weight excluding hydrogens is 284 g/mol. The second-order valence-electron chi connectivity index (χ2n) is 5.32. The minimum atomic E-state index is -3.46. The van der Waals surface area contributed by atoms with Crippen molar-refractivity contribution in [2.75, 3.05) is 12.9 Å². The van der Waals surface area contributed by atoms with Crippen LogP contribution in [-0.2, 0) is 15.6 Å².